The van der Waals surface area contributed by atoms with Gasteiger partial charge in [-0.15, -0.1) is 0 Å². The first-order valence-electron chi connectivity index (χ1n) is 3.38. The zero-order valence-corrected chi connectivity index (χ0v) is 8.05. The minimum Gasteiger partial charge on any atom is -0.504 e. The first-order valence-corrected chi connectivity index (χ1v) is 4.50. The smallest absolute Gasteiger partial charge is 0.280 e. The average Bonchev–Trinajstić information content (AvgIpc) is 2.08. The van der Waals surface area contributed by atoms with Crippen LogP contribution in [0.1, 0.15) is 17.7 Å². The van der Waals surface area contributed by atoms with Crippen molar-refractivity contribution in [1.82, 2.24) is 4.98 Å². The van der Waals surface area contributed by atoms with E-state index in [0.29, 0.717) is 0 Å². The molecule has 0 bridgehead atoms. The third-order valence-electron chi connectivity index (χ3n) is 1.49. The van der Waals surface area contributed by atoms with E-state index >= 15 is 0 Å². The minimum absolute atomic E-state index is 0.202. The number of hydrogen-bond acceptors (Lipinski definition) is 3. The number of aromatic nitrogens is 1. The Bertz CT molecular complexity index is 320. The number of halogens is 3. The van der Waals surface area contributed by atoms with Gasteiger partial charge in [0.15, 0.2) is 11.6 Å². The monoisotopic (exact) mass is 252 g/mol. The molecule has 0 atom stereocenters. The highest BCUT2D eigenvalue weighted by Gasteiger charge is 2.16. The molecule has 13 heavy (non-hydrogen) atoms. The lowest BCUT2D eigenvalue weighted by Crippen LogP contribution is -2.01. The molecule has 0 aliphatic rings. The van der Waals surface area contributed by atoms with Gasteiger partial charge in [0.25, 0.3) is 6.43 Å². The quantitative estimate of drug-likeness (QED) is 0.794. The van der Waals surface area contributed by atoms with E-state index in [1.54, 1.807) is 0 Å². The van der Waals surface area contributed by atoms with Crippen LogP contribution in [0.3, 0.4) is 0 Å². The molecule has 1 rings (SSSR count). The molecule has 3 N–H and O–H groups in total. The second-order valence-electron chi connectivity index (χ2n) is 2.37. The summed E-state index contributed by atoms with van der Waals surface area (Å²) in [5.74, 6) is -0.557. The maximum atomic E-state index is 12.3. The van der Waals surface area contributed by atoms with Crippen LogP contribution in [0.5, 0.6) is 5.75 Å². The summed E-state index contributed by atoms with van der Waals surface area (Å²) < 4.78 is 24.6. The molecule has 0 aromatic carbocycles. The Balaban J connectivity index is 3.25. The van der Waals surface area contributed by atoms with Crippen molar-refractivity contribution in [2.75, 3.05) is 5.73 Å². The molecule has 0 fully saturated rings. The largest absolute Gasteiger partial charge is 0.504 e. The summed E-state index contributed by atoms with van der Waals surface area (Å²) in [5.41, 5.74) is 5.01. The van der Waals surface area contributed by atoms with Gasteiger partial charge in [-0.25, -0.2) is 13.8 Å². The van der Waals surface area contributed by atoms with Crippen LogP contribution in [-0.4, -0.2) is 10.1 Å². The molecular formula is C7H7BrF2N2O. The van der Waals surface area contributed by atoms with Crippen LogP contribution in [0.25, 0.3) is 0 Å². The molecule has 0 aliphatic carbocycles. The summed E-state index contributed by atoms with van der Waals surface area (Å²) in [6, 6.07) is 1.18. The highest BCUT2D eigenvalue weighted by atomic mass is 79.9. The molecular weight excluding hydrogens is 246 g/mol. The summed E-state index contributed by atoms with van der Waals surface area (Å²) in [5, 5.41) is 9.29. The van der Waals surface area contributed by atoms with Crippen molar-refractivity contribution in [3.8, 4) is 5.75 Å². The molecule has 0 spiro atoms. The number of anilines is 1. The van der Waals surface area contributed by atoms with Crippen LogP contribution in [-0.2, 0) is 5.33 Å². The summed E-state index contributed by atoms with van der Waals surface area (Å²) in [6.45, 7) is 0. The second-order valence-corrected chi connectivity index (χ2v) is 2.93. The second kappa shape index (κ2) is 3.87. The normalized spacial score (nSPS) is 10.8. The summed E-state index contributed by atoms with van der Waals surface area (Å²) >= 11 is 3.01. The van der Waals surface area contributed by atoms with Crippen molar-refractivity contribution in [2.45, 2.75) is 11.8 Å². The maximum absolute atomic E-state index is 12.3. The van der Waals surface area contributed by atoms with Gasteiger partial charge in [0.2, 0.25) is 0 Å². The average molecular weight is 253 g/mol. The molecule has 1 heterocycles. The van der Waals surface area contributed by atoms with Gasteiger partial charge in [-0.2, -0.15) is 0 Å². The van der Waals surface area contributed by atoms with Crippen LogP contribution in [0.4, 0.5) is 14.6 Å². The van der Waals surface area contributed by atoms with Gasteiger partial charge < -0.3 is 10.8 Å². The van der Waals surface area contributed by atoms with Crippen molar-refractivity contribution >= 4 is 21.7 Å². The van der Waals surface area contributed by atoms with Crippen molar-refractivity contribution in [3.63, 3.8) is 0 Å². The fraction of sp³-hybridized carbons (Fsp3) is 0.286. The minimum atomic E-state index is -2.68. The lowest BCUT2D eigenvalue weighted by molar-refractivity contribution is 0.145. The number of aromatic hydroxyl groups is 1. The number of nitrogen functional groups attached to an aromatic ring is 1. The van der Waals surface area contributed by atoms with Crippen LogP contribution in [0, 0.1) is 0 Å². The van der Waals surface area contributed by atoms with E-state index in [4.69, 9.17) is 10.8 Å². The first-order chi connectivity index (χ1) is 6.06. The standard InChI is InChI=1S/C7H7BrF2N2O/c8-2-3-1-4(13)7(11)12-5(3)6(9)10/h1,6,13H,2H2,(H2,11,12). The number of hydrogen-bond donors (Lipinski definition) is 2. The van der Waals surface area contributed by atoms with Crippen molar-refractivity contribution < 1.29 is 13.9 Å². The fourth-order valence-electron chi connectivity index (χ4n) is 0.868. The van der Waals surface area contributed by atoms with Crippen LogP contribution >= 0.6 is 15.9 Å². The lowest BCUT2D eigenvalue weighted by atomic mass is 10.2. The van der Waals surface area contributed by atoms with Gasteiger partial charge in [-0.05, 0) is 11.6 Å². The van der Waals surface area contributed by atoms with Crippen LogP contribution < -0.4 is 5.73 Å². The molecule has 1 aromatic heterocycles. The number of nitrogens with zero attached hydrogens (tertiary/aromatic N) is 1. The van der Waals surface area contributed by atoms with Gasteiger partial charge in [0.05, 0.1) is 0 Å². The topological polar surface area (TPSA) is 59.1 Å². The Kier molecular flexibility index (Phi) is 3.02. The van der Waals surface area contributed by atoms with E-state index in [9.17, 15) is 8.78 Å². The molecule has 0 aliphatic heterocycles. The molecule has 0 saturated carbocycles. The Morgan fingerprint density at radius 3 is 2.69 bits per heavy atom. The Morgan fingerprint density at radius 2 is 2.23 bits per heavy atom. The number of pyridine rings is 1. The Morgan fingerprint density at radius 1 is 1.62 bits per heavy atom. The summed E-state index contributed by atoms with van der Waals surface area (Å²) in [4.78, 5) is 3.39. The Hall–Kier alpha value is -0.910. The van der Waals surface area contributed by atoms with Crippen LogP contribution in [0.15, 0.2) is 6.07 Å². The molecule has 0 amide bonds. The van der Waals surface area contributed by atoms with Crippen LogP contribution in [0.2, 0.25) is 0 Å². The van der Waals surface area contributed by atoms with E-state index in [-0.39, 0.29) is 22.5 Å². The summed E-state index contributed by atoms with van der Waals surface area (Å²) in [6.07, 6.45) is -2.68. The highest BCUT2D eigenvalue weighted by molar-refractivity contribution is 9.08. The van der Waals surface area contributed by atoms with Gasteiger partial charge in [0.1, 0.15) is 5.69 Å². The molecule has 3 nitrogen and oxygen atoms in total. The van der Waals surface area contributed by atoms with E-state index in [2.05, 4.69) is 20.9 Å². The molecule has 72 valence electrons. The molecule has 0 unspecified atom stereocenters. The molecule has 6 heteroatoms. The van der Waals surface area contributed by atoms with Crippen molar-refractivity contribution in [3.05, 3.63) is 17.3 Å². The highest BCUT2D eigenvalue weighted by Crippen LogP contribution is 2.28. The fourth-order valence-corrected chi connectivity index (χ4v) is 1.32. The van der Waals surface area contributed by atoms with E-state index in [0.717, 1.165) is 0 Å². The third-order valence-corrected chi connectivity index (χ3v) is 2.10. The number of alkyl halides is 3. The van der Waals surface area contributed by atoms with Gasteiger partial charge in [0, 0.05) is 5.33 Å². The number of rotatable bonds is 2. The van der Waals surface area contributed by atoms with Gasteiger partial charge >= 0.3 is 0 Å². The zero-order chi connectivity index (χ0) is 10.0. The van der Waals surface area contributed by atoms with E-state index < -0.39 is 12.1 Å². The first kappa shape index (κ1) is 10.2. The molecule has 1 aromatic rings. The predicted molar refractivity (Wildman–Crippen MR) is 47.9 cm³/mol. The van der Waals surface area contributed by atoms with Gasteiger partial charge in [-0.3, -0.25) is 0 Å². The maximum Gasteiger partial charge on any atom is 0.280 e. The third kappa shape index (κ3) is 2.06. The number of nitrogens with two attached hydrogens (primary N) is 1. The molecule has 0 radical (unpaired) electrons. The Labute approximate surface area is 81.7 Å². The van der Waals surface area contributed by atoms with Gasteiger partial charge in [-0.1, -0.05) is 15.9 Å². The van der Waals surface area contributed by atoms with Crippen molar-refractivity contribution in [2.24, 2.45) is 0 Å². The SMILES string of the molecule is Nc1nc(C(F)F)c(CBr)cc1O. The predicted octanol–water partition coefficient (Wildman–Crippen LogP) is 2.20. The van der Waals surface area contributed by atoms with E-state index in [1.807, 2.05) is 0 Å². The van der Waals surface area contributed by atoms with E-state index in [1.165, 1.54) is 6.07 Å². The van der Waals surface area contributed by atoms with Crippen molar-refractivity contribution in [1.29, 1.82) is 0 Å². The zero-order valence-electron chi connectivity index (χ0n) is 6.47. The molecule has 0 saturated heterocycles. The summed E-state index contributed by atoms with van der Waals surface area (Å²) in [7, 11) is 0. The lowest BCUT2D eigenvalue weighted by Gasteiger charge is -2.07.